The quantitative estimate of drug-likeness (QED) is 0.526. The molecule has 2 rings (SSSR count). The van der Waals surface area contributed by atoms with Crippen molar-refractivity contribution in [1.29, 1.82) is 5.26 Å². The fourth-order valence-corrected chi connectivity index (χ4v) is 1.88. The lowest BCUT2D eigenvalue weighted by molar-refractivity contribution is -0.132. The number of rotatable bonds is 3. The van der Waals surface area contributed by atoms with E-state index in [0.717, 1.165) is 0 Å². The second-order valence-corrected chi connectivity index (χ2v) is 3.90. The minimum absolute atomic E-state index is 0.252. The molecular formula is C18H15NO2. The van der Waals surface area contributed by atoms with Crippen LogP contribution in [0.1, 0.15) is 11.1 Å². The Morgan fingerprint density at radius 2 is 1.29 bits per heavy atom. The number of carboxylic acid groups (broad SMARTS) is 1. The maximum atomic E-state index is 11.2. The number of nitrogens with zero attached hydrogens (tertiary/aromatic N) is 1. The van der Waals surface area contributed by atoms with Crippen LogP contribution in [-0.2, 0) is 4.79 Å². The van der Waals surface area contributed by atoms with E-state index >= 15 is 0 Å². The van der Waals surface area contributed by atoms with E-state index in [1.165, 1.54) is 0 Å². The van der Waals surface area contributed by atoms with Gasteiger partial charge in [-0.3, -0.25) is 0 Å². The topological polar surface area (TPSA) is 61.1 Å². The summed E-state index contributed by atoms with van der Waals surface area (Å²) in [5.74, 6) is -1.22. The minimum Gasteiger partial charge on any atom is -0.477 e. The molecule has 3 nitrogen and oxygen atoms in total. The van der Waals surface area contributed by atoms with Gasteiger partial charge >= 0.3 is 5.97 Å². The molecule has 0 unspecified atom stereocenters. The van der Waals surface area contributed by atoms with Crippen LogP contribution >= 0.6 is 0 Å². The Balaban J connectivity index is 0.00000106. The SMILES string of the molecule is C=C.N#CC(C(=O)O)=C(c1ccccc1)c1ccccc1. The first kappa shape index (κ1) is 15.9. The average Bonchev–Trinajstić information content (AvgIpc) is 2.55. The van der Waals surface area contributed by atoms with Crippen molar-refractivity contribution in [2.24, 2.45) is 0 Å². The van der Waals surface area contributed by atoms with Gasteiger partial charge in [-0.15, -0.1) is 13.2 Å². The van der Waals surface area contributed by atoms with E-state index in [1.807, 2.05) is 36.4 Å². The lowest BCUT2D eigenvalue weighted by Gasteiger charge is -2.09. The molecule has 0 heterocycles. The molecule has 0 atom stereocenters. The molecule has 1 N–H and O–H groups in total. The number of aliphatic carboxylic acids is 1. The summed E-state index contributed by atoms with van der Waals surface area (Å²) in [5, 5.41) is 18.3. The van der Waals surface area contributed by atoms with E-state index in [4.69, 9.17) is 5.26 Å². The third-order valence-electron chi connectivity index (χ3n) is 2.70. The molecule has 3 heteroatoms. The van der Waals surface area contributed by atoms with E-state index in [1.54, 1.807) is 30.3 Å². The zero-order valence-corrected chi connectivity index (χ0v) is 11.5. The van der Waals surface area contributed by atoms with Gasteiger partial charge < -0.3 is 5.11 Å². The van der Waals surface area contributed by atoms with Crippen LogP contribution in [0.25, 0.3) is 5.57 Å². The third-order valence-corrected chi connectivity index (χ3v) is 2.70. The van der Waals surface area contributed by atoms with Gasteiger partial charge in [-0.25, -0.2) is 4.79 Å². The number of hydrogen-bond donors (Lipinski definition) is 1. The molecule has 0 aliphatic carbocycles. The van der Waals surface area contributed by atoms with Crippen LogP contribution in [0, 0.1) is 11.3 Å². The summed E-state index contributed by atoms with van der Waals surface area (Å²) in [6, 6.07) is 19.9. The van der Waals surface area contributed by atoms with Crippen molar-refractivity contribution < 1.29 is 9.90 Å². The molecule has 0 saturated carbocycles. The standard InChI is InChI=1S/C16H11NO2.C2H4/c17-11-14(16(18)19)15(12-7-3-1-4-8-12)13-9-5-2-6-10-13;1-2/h1-10H,(H,18,19);1-2H2. The predicted octanol–water partition coefficient (Wildman–Crippen LogP) is 3.90. The molecule has 0 aliphatic rings. The highest BCUT2D eigenvalue weighted by molar-refractivity contribution is 6.04. The summed E-state index contributed by atoms with van der Waals surface area (Å²) in [4.78, 5) is 11.2. The van der Waals surface area contributed by atoms with Crippen molar-refractivity contribution in [3.63, 3.8) is 0 Å². The summed E-state index contributed by atoms with van der Waals surface area (Å²) in [6.07, 6.45) is 0. The predicted molar refractivity (Wildman–Crippen MR) is 83.4 cm³/mol. The Morgan fingerprint density at radius 3 is 1.57 bits per heavy atom. The molecule has 0 fully saturated rings. The minimum atomic E-state index is -1.22. The van der Waals surface area contributed by atoms with Crippen LogP contribution in [0.2, 0.25) is 0 Å². The lowest BCUT2D eigenvalue weighted by Crippen LogP contribution is -2.03. The lowest BCUT2D eigenvalue weighted by atomic mass is 9.93. The highest BCUT2D eigenvalue weighted by atomic mass is 16.4. The number of carboxylic acids is 1. The van der Waals surface area contributed by atoms with Gasteiger partial charge in [0.25, 0.3) is 0 Å². The van der Waals surface area contributed by atoms with E-state index in [-0.39, 0.29) is 5.57 Å². The number of hydrogen-bond acceptors (Lipinski definition) is 2. The maximum absolute atomic E-state index is 11.2. The van der Waals surface area contributed by atoms with Crippen LogP contribution in [0.15, 0.2) is 79.4 Å². The van der Waals surface area contributed by atoms with Crippen molar-refractivity contribution >= 4 is 11.5 Å². The Kier molecular flexibility index (Phi) is 6.17. The van der Waals surface area contributed by atoms with Gasteiger partial charge in [0, 0.05) is 5.57 Å². The van der Waals surface area contributed by atoms with Gasteiger partial charge in [-0.05, 0) is 11.1 Å². The van der Waals surface area contributed by atoms with Gasteiger partial charge in [0.05, 0.1) is 0 Å². The molecule has 104 valence electrons. The normalized spacial score (nSPS) is 8.71. The van der Waals surface area contributed by atoms with Crippen LogP contribution in [0.3, 0.4) is 0 Å². The molecule has 0 aliphatic heterocycles. The summed E-state index contributed by atoms with van der Waals surface area (Å²) in [6.45, 7) is 6.00. The highest BCUT2D eigenvalue weighted by Crippen LogP contribution is 2.26. The molecule has 0 radical (unpaired) electrons. The first-order chi connectivity index (χ1) is 10.2. The first-order valence-electron chi connectivity index (χ1n) is 6.22. The van der Waals surface area contributed by atoms with Crippen molar-refractivity contribution in [3.8, 4) is 6.07 Å². The molecule has 0 saturated heterocycles. The fraction of sp³-hybridized carbons (Fsp3) is 0. The van der Waals surface area contributed by atoms with Gasteiger partial charge in [-0.1, -0.05) is 60.7 Å². The van der Waals surface area contributed by atoms with Gasteiger partial charge in [-0.2, -0.15) is 5.26 Å². The molecule has 0 amide bonds. The van der Waals surface area contributed by atoms with Crippen LogP contribution in [-0.4, -0.2) is 11.1 Å². The van der Waals surface area contributed by atoms with E-state index in [9.17, 15) is 9.90 Å². The Labute approximate surface area is 124 Å². The van der Waals surface area contributed by atoms with Gasteiger partial charge in [0.15, 0.2) is 0 Å². The fourth-order valence-electron chi connectivity index (χ4n) is 1.88. The zero-order chi connectivity index (χ0) is 15.7. The largest absolute Gasteiger partial charge is 0.477 e. The van der Waals surface area contributed by atoms with Crippen molar-refractivity contribution in [1.82, 2.24) is 0 Å². The van der Waals surface area contributed by atoms with E-state index in [2.05, 4.69) is 13.2 Å². The molecule has 0 aromatic heterocycles. The van der Waals surface area contributed by atoms with Crippen molar-refractivity contribution in [3.05, 3.63) is 90.5 Å². The Morgan fingerprint density at radius 1 is 0.905 bits per heavy atom. The Bertz CT molecular complexity index is 626. The second kappa shape index (κ2) is 8.13. The summed E-state index contributed by atoms with van der Waals surface area (Å²) in [5.41, 5.74) is 1.62. The van der Waals surface area contributed by atoms with Gasteiger partial charge in [0.1, 0.15) is 11.6 Å². The maximum Gasteiger partial charge on any atom is 0.347 e. The molecule has 0 spiro atoms. The highest BCUT2D eigenvalue weighted by Gasteiger charge is 2.17. The number of nitriles is 1. The molecule has 21 heavy (non-hydrogen) atoms. The van der Waals surface area contributed by atoms with E-state index in [0.29, 0.717) is 16.7 Å². The average molecular weight is 277 g/mol. The second-order valence-electron chi connectivity index (χ2n) is 3.90. The summed E-state index contributed by atoms with van der Waals surface area (Å²) < 4.78 is 0. The number of carbonyl (C=O) groups is 1. The molecule has 0 bridgehead atoms. The monoisotopic (exact) mass is 277 g/mol. The van der Waals surface area contributed by atoms with Gasteiger partial charge in [0.2, 0.25) is 0 Å². The zero-order valence-electron chi connectivity index (χ0n) is 11.5. The van der Waals surface area contributed by atoms with Crippen LogP contribution in [0.5, 0.6) is 0 Å². The van der Waals surface area contributed by atoms with Crippen molar-refractivity contribution in [2.45, 2.75) is 0 Å². The Hall–Kier alpha value is -3.12. The first-order valence-corrected chi connectivity index (χ1v) is 6.22. The smallest absolute Gasteiger partial charge is 0.347 e. The summed E-state index contributed by atoms with van der Waals surface area (Å²) in [7, 11) is 0. The number of benzene rings is 2. The molecule has 2 aromatic rings. The van der Waals surface area contributed by atoms with E-state index < -0.39 is 5.97 Å². The molecule has 2 aromatic carbocycles. The van der Waals surface area contributed by atoms with Crippen molar-refractivity contribution in [2.75, 3.05) is 0 Å². The third kappa shape index (κ3) is 3.92. The molecular weight excluding hydrogens is 262 g/mol. The summed E-state index contributed by atoms with van der Waals surface area (Å²) >= 11 is 0. The van der Waals surface area contributed by atoms with Crippen LogP contribution < -0.4 is 0 Å². The van der Waals surface area contributed by atoms with Crippen LogP contribution in [0.4, 0.5) is 0 Å².